The number of H-pyrrole nitrogens is 2. The van der Waals surface area contributed by atoms with Gasteiger partial charge in [-0.05, 0) is 24.6 Å². The van der Waals surface area contributed by atoms with Crippen molar-refractivity contribution in [3.05, 3.63) is 71.4 Å². The molecule has 0 fully saturated rings. The number of thiazole rings is 1. The number of hydrogen-bond donors (Lipinski definition) is 4. The molecular weight excluding hydrogens is 434 g/mol. The van der Waals surface area contributed by atoms with Crippen LogP contribution in [0, 0.1) is 6.92 Å². The van der Waals surface area contributed by atoms with E-state index in [1.165, 1.54) is 18.3 Å². The van der Waals surface area contributed by atoms with Gasteiger partial charge < -0.3 is 20.6 Å². The van der Waals surface area contributed by atoms with Crippen LogP contribution in [0.4, 0.5) is 5.13 Å². The first-order valence-corrected chi connectivity index (χ1v) is 11.5. The van der Waals surface area contributed by atoms with Gasteiger partial charge in [0.1, 0.15) is 6.04 Å². The van der Waals surface area contributed by atoms with E-state index in [1.807, 2.05) is 61.0 Å². The minimum absolute atomic E-state index is 0.260. The van der Waals surface area contributed by atoms with Gasteiger partial charge in [-0.1, -0.05) is 36.4 Å². The predicted molar refractivity (Wildman–Crippen MR) is 132 cm³/mol. The number of aromatic nitrogens is 3. The van der Waals surface area contributed by atoms with Crippen molar-refractivity contribution in [3.8, 4) is 11.3 Å². The molecule has 4 N–H and O–H groups in total. The zero-order valence-electron chi connectivity index (χ0n) is 18.2. The number of anilines is 1. The molecule has 166 valence electrons. The summed E-state index contributed by atoms with van der Waals surface area (Å²) in [7, 11) is 0. The van der Waals surface area contributed by atoms with Crippen LogP contribution in [0.5, 0.6) is 0 Å². The van der Waals surface area contributed by atoms with Gasteiger partial charge in [0.15, 0.2) is 5.13 Å². The fourth-order valence-electron chi connectivity index (χ4n) is 4.22. The van der Waals surface area contributed by atoms with Crippen LogP contribution in [0.15, 0.2) is 60.1 Å². The zero-order chi connectivity index (χ0) is 22.9. The van der Waals surface area contributed by atoms with Crippen LogP contribution in [-0.2, 0) is 16.0 Å². The Morgan fingerprint density at radius 3 is 2.58 bits per heavy atom. The molecule has 0 saturated carbocycles. The van der Waals surface area contributed by atoms with Crippen molar-refractivity contribution < 1.29 is 9.59 Å². The highest BCUT2D eigenvalue weighted by Crippen LogP contribution is 2.34. The lowest BCUT2D eigenvalue weighted by Gasteiger charge is -2.16. The highest BCUT2D eigenvalue weighted by molar-refractivity contribution is 7.14. The van der Waals surface area contributed by atoms with Gasteiger partial charge in [-0.3, -0.25) is 9.59 Å². The Bertz CT molecular complexity index is 1480. The maximum atomic E-state index is 13.1. The number of para-hydroxylation sites is 2. The summed E-state index contributed by atoms with van der Waals surface area (Å²) < 4.78 is 0. The molecule has 3 aromatic heterocycles. The van der Waals surface area contributed by atoms with Gasteiger partial charge in [0.25, 0.3) is 0 Å². The second-order valence-electron chi connectivity index (χ2n) is 8.01. The maximum Gasteiger partial charge on any atom is 0.249 e. The lowest BCUT2D eigenvalue weighted by Crippen LogP contribution is -2.44. The summed E-state index contributed by atoms with van der Waals surface area (Å²) in [6.45, 7) is 3.43. The third-order valence-corrected chi connectivity index (χ3v) is 6.43. The van der Waals surface area contributed by atoms with Crippen molar-refractivity contribution >= 4 is 50.1 Å². The van der Waals surface area contributed by atoms with Crippen molar-refractivity contribution in [2.75, 3.05) is 5.32 Å². The minimum Gasteiger partial charge on any atom is -0.361 e. The van der Waals surface area contributed by atoms with E-state index in [0.29, 0.717) is 11.6 Å². The smallest absolute Gasteiger partial charge is 0.249 e. The number of hydrogen-bond acceptors (Lipinski definition) is 4. The quantitative estimate of drug-likeness (QED) is 0.295. The largest absolute Gasteiger partial charge is 0.361 e. The molecule has 0 unspecified atom stereocenters. The second-order valence-corrected chi connectivity index (χ2v) is 8.87. The third kappa shape index (κ3) is 4.12. The first kappa shape index (κ1) is 21.0. The first-order chi connectivity index (χ1) is 16.0. The van der Waals surface area contributed by atoms with Gasteiger partial charge in [0.05, 0.1) is 5.69 Å². The second kappa shape index (κ2) is 8.55. The molecule has 5 rings (SSSR count). The minimum atomic E-state index is -0.719. The number of carbonyl (C=O) groups excluding carboxylic acids is 2. The van der Waals surface area contributed by atoms with Crippen LogP contribution in [0.25, 0.3) is 33.1 Å². The molecule has 0 aliphatic rings. The first-order valence-electron chi connectivity index (χ1n) is 10.7. The van der Waals surface area contributed by atoms with Crippen molar-refractivity contribution in [2.45, 2.75) is 26.3 Å². The van der Waals surface area contributed by atoms with Gasteiger partial charge in [0, 0.05) is 58.0 Å². The number of carbonyl (C=O) groups is 2. The van der Waals surface area contributed by atoms with E-state index in [1.54, 1.807) is 0 Å². The fourth-order valence-corrected chi connectivity index (χ4v) is 4.92. The molecule has 8 heteroatoms. The Balaban J connectivity index is 1.38. The summed E-state index contributed by atoms with van der Waals surface area (Å²) in [5.74, 6) is -0.559. The normalized spacial score (nSPS) is 12.2. The van der Waals surface area contributed by atoms with E-state index in [0.717, 1.165) is 44.3 Å². The number of rotatable bonds is 6. The predicted octanol–water partition coefficient (Wildman–Crippen LogP) is 4.77. The molecule has 0 radical (unpaired) electrons. The van der Waals surface area contributed by atoms with Crippen LogP contribution in [0.1, 0.15) is 18.2 Å². The average Bonchev–Trinajstić information content (AvgIpc) is 3.49. The Labute approximate surface area is 194 Å². The molecule has 0 aliphatic carbocycles. The van der Waals surface area contributed by atoms with Crippen molar-refractivity contribution in [2.24, 2.45) is 0 Å². The molecule has 7 nitrogen and oxygen atoms in total. The standard InChI is InChI=1S/C25H23N5O2S/c1-14-23(18-8-4-6-10-20(18)27-14)22-13-33-25(29-22)30-24(32)21(28-15(2)31)11-16-12-26-19-9-5-3-7-17(16)19/h3-10,12-13,21,26-27H,11H2,1-2H3,(H,28,31)(H,29,30,32)/t21-/m0/s1. The summed E-state index contributed by atoms with van der Waals surface area (Å²) >= 11 is 1.36. The Morgan fingerprint density at radius 2 is 1.79 bits per heavy atom. The summed E-state index contributed by atoms with van der Waals surface area (Å²) in [5, 5.41) is 10.2. The third-order valence-electron chi connectivity index (χ3n) is 5.68. The number of amides is 2. The van der Waals surface area contributed by atoms with Crippen LogP contribution < -0.4 is 10.6 Å². The highest BCUT2D eigenvalue weighted by atomic mass is 32.1. The van der Waals surface area contributed by atoms with E-state index in [-0.39, 0.29) is 11.8 Å². The summed E-state index contributed by atoms with van der Waals surface area (Å²) in [6.07, 6.45) is 2.25. The van der Waals surface area contributed by atoms with Gasteiger partial charge in [-0.2, -0.15) is 0 Å². The number of nitrogens with one attached hydrogen (secondary N) is 4. The highest BCUT2D eigenvalue weighted by Gasteiger charge is 2.23. The summed E-state index contributed by atoms with van der Waals surface area (Å²) in [5.41, 5.74) is 5.86. The van der Waals surface area contributed by atoms with Crippen molar-refractivity contribution in [3.63, 3.8) is 0 Å². The van der Waals surface area contributed by atoms with Gasteiger partial charge in [0.2, 0.25) is 11.8 Å². The SMILES string of the molecule is CC(=O)N[C@@H](Cc1c[nH]c2ccccc12)C(=O)Nc1nc(-c2c(C)[nH]c3ccccc23)cs1. The van der Waals surface area contributed by atoms with Crippen LogP contribution in [-0.4, -0.2) is 32.8 Å². The van der Waals surface area contributed by atoms with Crippen molar-refractivity contribution in [1.29, 1.82) is 0 Å². The van der Waals surface area contributed by atoms with Gasteiger partial charge in [-0.15, -0.1) is 11.3 Å². The summed E-state index contributed by atoms with van der Waals surface area (Å²) in [6, 6.07) is 15.2. The molecule has 5 aromatic rings. The number of aromatic amines is 2. The van der Waals surface area contributed by atoms with Crippen LogP contribution in [0.2, 0.25) is 0 Å². The lowest BCUT2D eigenvalue weighted by atomic mass is 10.0. The van der Waals surface area contributed by atoms with Crippen molar-refractivity contribution in [1.82, 2.24) is 20.3 Å². The molecule has 1 atom stereocenters. The topological polar surface area (TPSA) is 103 Å². The monoisotopic (exact) mass is 457 g/mol. The molecule has 3 heterocycles. The maximum absolute atomic E-state index is 13.1. The van der Waals surface area contributed by atoms with E-state index >= 15 is 0 Å². The molecule has 2 aromatic carbocycles. The molecule has 33 heavy (non-hydrogen) atoms. The number of benzene rings is 2. The Hall–Kier alpha value is -3.91. The van der Waals surface area contributed by atoms with E-state index in [2.05, 4.69) is 31.7 Å². The molecule has 0 aliphatic heterocycles. The number of fused-ring (bicyclic) bond motifs is 2. The molecular formula is C25H23N5O2S. The Kier molecular flexibility index (Phi) is 5.43. The molecule has 0 saturated heterocycles. The summed E-state index contributed by atoms with van der Waals surface area (Å²) in [4.78, 5) is 36.2. The van der Waals surface area contributed by atoms with Crippen LogP contribution in [0.3, 0.4) is 0 Å². The number of aryl methyl sites for hydroxylation is 1. The van der Waals surface area contributed by atoms with Gasteiger partial charge in [-0.25, -0.2) is 4.98 Å². The van der Waals surface area contributed by atoms with E-state index < -0.39 is 6.04 Å². The number of nitrogens with zero attached hydrogens (tertiary/aromatic N) is 1. The molecule has 0 spiro atoms. The Morgan fingerprint density at radius 1 is 1.06 bits per heavy atom. The van der Waals surface area contributed by atoms with Gasteiger partial charge >= 0.3 is 0 Å². The molecule has 2 amide bonds. The van der Waals surface area contributed by atoms with E-state index in [4.69, 9.17) is 0 Å². The zero-order valence-corrected chi connectivity index (χ0v) is 19.0. The fraction of sp³-hybridized carbons (Fsp3) is 0.160. The van der Waals surface area contributed by atoms with Crippen LogP contribution >= 0.6 is 11.3 Å². The lowest BCUT2D eigenvalue weighted by molar-refractivity contribution is -0.125. The molecule has 0 bridgehead atoms. The average molecular weight is 458 g/mol. The van der Waals surface area contributed by atoms with E-state index in [9.17, 15) is 9.59 Å².